The van der Waals surface area contributed by atoms with Crippen molar-refractivity contribution in [3.63, 3.8) is 0 Å². The van der Waals surface area contributed by atoms with Gasteiger partial charge in [0, 0.05) is 8.07 Å². The Morgan fingerprint density at radius 3 is 1.43 bits per heavy atom. The third-order valence-corrected chi connectivity index (χ3v) is 12.5. The van der Waals surface area contributed by atoms with E-state index in [1.165, 1.54) is 0 Å². The Hall–Kier alpha value is -4.98. The summed E-state index contributed by atoms with van der Waals surface area (Å²) in [5, 5.41) is 0. The summed E-state index contributed by atoms with van der Waals surface area (Å²) in [7, 11) is -1.65. The third kappa shape index (κ3) is 14.8. The Morgan fingerprint density at radius 1 is 0.571 bits per heavy atom. The van der Waals surface area contributed by atoms with Crippen LogP contribution in [-0.4, -0.2) is 74.9 Å². The van der Waals surface area contributed by atoms with Crippen LogP contribution in [0.15, 0.2) is 152 Å². The van der Waals surface area contributed by atoms with E-state index in [1.54, 1.807) is 0 Å². The number of nitrogens with zero attached hydrogens (tertiary/aromatic N) is 1. The van der Waals surface area contributed by atoms with Crippen molar-refractivity contribution >= 4 is 20.1 Å². The summed E-state index contributed by atoms with van der Waals surface area (Å²) in [6.45, 7) is 11.6. The molecule has 0 bridgehead atoms. The van der Waals surface area contributed by atoms with Gasteiger partial charge in [-0.25, -0.2) is 9.69 Å². The molecule has 0 unspecified atom stereocenters. The van der Waals surface area contributed by atoms with Gasteiger partial charge in [-0.3, -0.25) is 4.79 Å². The van der Waals surface area contributed by atoms with Crippen LogP contribution >= 0.6 is 0 Å². The molecule has 1 heterocycles. The number of ether oxygens (including phenoxy) is 7. The van der Waals surface area contributed by atoms with Crippen LogP contribution in [0.25, 0.3) is 0 Å². The van der Waals surface area contributed by atoms with Crippen LogP contribution in [0.3, 0.4) is 0 Å². The zero-order valence-electron chi connectivity index (χ0n) is 37.3. The maximum absolute atomic E-state index is 15.3. The molecule has 0 aliphatic carbocycles. The van der Waals surface area contributed by atoms with Crippen LogP contribution in [-0.2, 0) is 71.0 Å². The molecule has 11 heteroatoms. The molecular weight excluding hydrogens is 811 g/mol. The SMILES string of the molecule is CC(C)[C@@H](OCc1ccccc1)C(=O)N(C(=O)OCC[Si](C)(C)C)[C@@H]1O[C@H](COCc2ccccc2)[C@@H](OCc2ccccc2)[C@H](OCc2ccccc2)[C@H]1OCc1ccccc1. The molecule has 63 heavy (non-hydrogen) atoms. The van der Waals surface area contributed by atoms with Crippen LogP contribution in [0.5, 0.6) is 0 Å². The van der Waals surface area contributed by atoms with Gasteiger partial charge >= 0.3 is 6.09 Å². The fourth-order valence-corrected chi connectivity index (χ4v) is 7.97. The topological polar surface area (TPSA) is 102 Å². The molecule has 0 spiro atoms. The van der Waals surface area contributed by atoms with Crippen molar-refractivity contribution in [1.82, 2.24) is 4.90 Å². The zero-order chi connectivity index (χ0) is 44.4. The quantitative estimate of drug-likeness (QED) is 0.0629. The van der Waals surface area contributed by atoms with Crippen molar-refractivity contribution in [2.75, 3.05) is 13.2 Å². The minimum absolute atomic E-state index is 0.0479. The second-order valence-electron chi connectivity index (χ2n) is 17.4. The summed E-state index contributed by atoms with van der Waals surface area (Å²) in [5.74, 6) is -0.936. The van der Waals surface area contributed by atoms with Crippen LogP contribution in [0.2, 0.25) is 25.7 Å². The molecule has 6 atom stereocenters. The Kier molecular flexibility index (Phi) is 18.2. The Labute approximate surface area is 374 Å². The smallest absolute Gasteiger partial charge is 0.418 e. The summed E-state index contributed by atoms with van der Waals surface area (Å²) in [5.41, 5.74) is 4.63. The van der Waals surface area contributed by atoms with Gasteiger partial charge in [0.1, 0.15) is 30.5 Å². The van der Waals surface area contributed by atoms with Crippen LogP contribution in [0, 0.1) is 5.92 Å². The lowest BCUT2D eigenvalue weighted by Gasteiger charge is -2.48. The van der Waals surface area contributed by atoms with E-state index in [1.807, 2.05) is 166 Å². The fourth-order valence-electron chi connectivity index (χ4n) is 7.25. The van der Waals surface area contributed by atoms with Gasteiger partial charge in [-0.2, -0.15) is 0 Å². The van der Waals surface area contributed by atoms with Crippen molar-refractivity contribution in [2.45, 2.75) is 109 Å². The second kappa shape index (κ2) is 24.2. The first-order valence-electron chi connectivity index (χ1n) is 21.9. The molecule has 0 N–H and O–H groups in total. The fraction of sp³-hybridized carbons (Fsp3) is 0.385. The predicted octanol–water partition coefficient (Wildman–Crippen LogP) is 10.2. The van der Waals surface area contributed by atoms with Gasteiger partial charge in [0.2, 0.25) is 0 Å². The number of hydrogen-bond donors (Lipinski definition) is 0. The standard InChI is InChI=1S/C52H63NO9Si/c1-39(2)46(58-34-41-23-13-7-14-24-41)50(54)53(52(55)57-31-32-63(3,4)5)51-49(61-37-44-29-19-10-20-30-44)48(60-36-43-27-17-9-18-28-43)47(59-35-42-25-15-8-16-26-42)45(62-51)38-56-33-40-21-11-6-12-22-40/h6-30,39,45-49,51H,31-38H2,1-5H3/t45-,46-,47-,48+,49-,51-/m1/s1. The van der Waals surface area contributed by atoms with Gasteiger partial charge in [-0.15, -0.1) is 0 Å². The molecule has 1 aliphatic heterocycles. The Bertz CT molecular complexity index is 2070. The summed E-state index contributed by atoms with van der Waals surface area (Å²) in [6, 6.07) is 49.6. The van der Waals surface area contributed by atoms with Gasteiger partial charge in [-0.1, -0.05) is 185 Å². The first-order chi connectivity index (χ1) is 30.6. The molecule has 1 saturated heterocycles. The predicted molar refractivity (Wildman–Crippen MR) is 246 cm³/mol. The van der Waals surface area contributed by atoms with Crippen molar-refractivity contribution < 1.29 is 42.7 Å². The summed E-state index contributed by atoms with van der Waals surface area (Å²) >= 11 is 0. The van der Waals surface area contributed by atoms with E-state index in [-0.39, 0.29) is 45.6 Å². The molecule has 1 aliphatic rings. The number of hydrogen-bond acceptors (Lipinski definition) is 9. The molecule has 334 valence electrons. The molecular formula is C52H63NO9Si. The van der Waals surface area contributed by atoms with Gasteiger partial charge in [-0.05, 0) is 39.8 Å². The molecule has 2 amide bonds. The molecule has 0 aromatic heterocycles. The lowest BCUT2D eigenvalue weighted by molar-refractivity contribution is -0.293. The van der Waals surface area contributed by atoms with Crippen molar-refractivity contribution in [1.29, 1.82) is 0 Å². The largest absolute Gasteiger partial charge is 0.449 e. The summed E-state index contributed by atoms with van der Waals surface area (Å²) in [6.07, 6.45) is -6.80. The number of imide groups is 1. The first kappa shape index (κ1) is 47.5. The normalized spacial score (nSPS) is 19.4. The number of amides is 2. The van der Waals surface area contributed by atoms with Gasteiger partial charge in [0.25, 0.3) is 5.91 Å². The number of carbonyl (C=O) groups is 2. The van der Waals surface area contributed by atoms with E-state index in [2.05, 4.69) is 19.6 Å². The summed E-state index contributed by atoms with van der Waals surface area (Å²) < 4.78 is 46.6. The zero-order valence-corrected chi connectivity index (χ0v) is 38.3. The van der Waals surface area contributed by atoms with Gasteiger partial charge in [0.15, 0.2) is 6.23 Å². The highest BCUT2D eigenvalue weighted by Gasteiger charge is 2.54. The van der Waals surface area contributed by atoms with E-state index in [4.69, 9.17) is 33.2 Å². The van der Waals surface area contributed by atoms with E-state index in [0.717, 1.165) is 32.7 Å². The molecule has 0 saturated carbocycles. The number of rotatable bonds is 22. The van der Waals surface area contributed by atoms with Crippen LogP contribution in [0.4, 0.5) is 4.79 Å². The average Bonchev–Trinajstić information content (AvgIpc) is 3.29. The first-order valence-corrected chi connectivity index (χ1v) is 25.7. The highest BCUT2D eigenvalue weighted by atomic mass is 28.3. The molecule has 6 rings (SSSR count). The minimum atomic E-state index is -1.65. The minimum Gasteiger partial charge on any atom is -0.449 e. The highest BCUT2D eigenvalue weighted by molar-refractivity contribution is 6.76. The monoisotopic (exact) mass is 873 g/mol. The highest BCUT2D eigenvalue weighted by Crippen LogP contribution is 2.34. The third-order valence-electron chi connectivity index (χ3n) is 10.7. The van der Waals surface area contributed by atoms with E-state index in [0.29, 0.717) is 12.7 Å². The van der Waals surface area contributed by atoms with Crippen molar-refractivity contribution in [2.24, 2.45) is 5.92 Å². The number of carbonyl (C=O) groups excluding carboxylic acids is 2. The molecule has 10 nitrogen and oxygen atoms in total. The lowest BCUT2D eigenvalue weighted by atomic mass is 9.95. The summed E-state index contributed by atoms with van der Waals surface area (Å²) in [4.78, 5) is 31.1. The lowest BCUT2D eigenvalue weighted by Crippen LogP contribution is -2.68. The van der Waals surface area contributed by atoms with Crippen LogP contribution < -0.4 is 0 Å². The van der Waals surface area contributed by atoms with Crippen molar-refractivity contribution in [3.05, 3.63) is 179 Å². The molecule has 1 fully saturated rings. The van der Waals surface area contributed by atoms with E-state index >= 15 is 4.79 Å². The van der Waals surface area contributed by atoms with Crippen LogP contribution in [0.1, 0.15) is 41.7 Å². The Balaban J connectivity index is 1.44. The maximum atomic E-state index is 15.3. The number of benzene rings is 5. The molecule has 5 aromatic rings. The molecule has 5 aromatic carbocycles. The average molecular weight is 874 g/mol. The van der Waals surface area contributed by atoms with Gasteiger partial charge in [0.05, 0.1) is 46.2 Å². The van der Waals surface area contributed by atoms with Gasteiger partial charge < -0.3 is 33.2 Å². The Morgan fingerprint density at radius 2 is 0.984 bits per heavy atom. The van der Waals surface area contributed by atoms with E-state index in [9.17, 15) is 4.79 Å². The van der Waals surface area contributed by atoms with E-state index < -0.39 is 56.8 Å². The van der Waals surface area contributed by atoms with Crippen molar-refractivity contribution in [3.8, 4) is 0 Å². The maximum Gasteiger partial charge on any atom is 0.418 e. The second-order valence-corrected chi connectivity index (χ2v) is 23.1. The molecule has 0 radical (unpaired) electrons.